The number of carboxylic acid groups (broad SMARTS) is 1. The van der Waals surface area contributed by atoms with Gasteiger partial charge < -0.3 is 19.5 Å². The van der Waals surface area contributed by atoms with E-state index in [1.54, 1.807) is 11.2 Å². The van der Waals surface area contributed by atoms with Gasteiger partial charge in [-0.3, -0.25) is 9.59 Å². The van der Waals surface area contributed by atoms with Gasteiger partial charge in [-0.25, -0.2) is 0 Å². The number of aliphatic carboxylic acids is 1. The van der Waals surface area contributed by atoms with Crippen LogP contribution < -0.4 is 0 Å². The minimum Gasteiger partial charge on any atom is -0.481 e. The molecular weight excluding hydrogens is 358 g/mol. The number of carbonyl (C=O) groups is 2. The number of aliphatic hydroxyl groups is 1. The lowest BCUT2D eigenvalue weighted by Gasteiger charge is -2.43. The maximum Gasteiger partial charge on any atom is 0.314 e. The van der Waals surface area contributed by atoms with Crippen molar-refractivity contribution in [2.45, 2.75) is 52.1 Å². The van der Waals surface area contributed by atoms with Gasteiger partial charge in [0, 0.05) is 24.0 Å². The average Bonchev–Trinajstić information content (AvgIpc) is 3.35. The van der Waals surface area contributed by atoms with E-state index < -0.39 is 17.5 Å². The van der Waals surface area contributed by atoms with Crippen molar-refractivity contribution in [3.63, 3.8) is 0 Å². The standard InChI is InChI=1S/C22H27NO5/c1-13-7-14(2)20-16(11-28-17(20)8-13)9-19(25)23-6-5-18(24)22(12-23,21(26)27)10-15-3-4-15/h7-8,11,15,18,24H,3-6,9-10,12H2,1-2H3,(H,26,27)/t18-,22+/m1/s1. The van der Waals surface area contributed by atoms with Crippen molar-refractivity contribution in [2.75, 3.05) is 13.1 Å². The first-order chi connectivity index (χ1) is 13.3. The first-order valence-corrected chi connectivity index (χ1v) is 9.97. The normalized spacial score (nSPS) is 25.2. The zero-order chi connectivity index (χ0) is 20.1. The van der Waals surface area contributed by atoms with Crippen molar-refractivity contribution >= 4 is 22.8 Å². The Labute approximate surface area is 164 Å². The van der Waals surface area contributed by atoms with Crippen molar-refractivity contribution in [2.24, 2.45) is 11.3 Å². The summed E-state index contributed by atoms with van der Waals surface area (Å²) in [7, 11) is 0. The molecule has 1 aliphatic heterocycles. The van der Waals surface area contributed by atoms with Gasteiger partial charge in [0.2, 0.25) is 5.91 Å². The second-order valence-electron chi connectivity index (χ2n) is 8.62. The molecule has 2 aromatic rings. The van der Waals surface area contributed by atoms with Gasteiger partial charge in [-0.2, -0.15) is 0 Å². The molecule has 2 atom stereocenters. The van der Waals surface area contributed by atoms with Crippen LogP contribution in [0.5, 0.6) is 0 Å². The number of likely N-dealkylation sites (tertiary alicyclic amines) is 1. The van der Waals surface area contributed by atoms with E-state index in [-0.39, 0.29) is 18.9 Å². The molecule has 2 fully saturated rings. The molecule has 4 rings (SSSR count). The summed E-state index contributed by atoms with van der Waals surface area (Å²) in [5.41, 5.74) is 2.51. The Morgan fingerprint density at radius 2 is 2.00 bits per heavy atom. The maximum absolute atomic E-state index is 13.0. The molecule has 0 radical (unpaired) electrons. The van der Waals surface area contributed by atoms with E-state index in [2.05, 4.69) is 6.07 Å². The number of aliphatic hydroxyl groups excluding tert-OH is 1. The zero-order valence-electron chi connectivity index (χ0n) is 16.4. The molecule has 6 nitrogen and oxygen atoms in total. The smallest absolute Gasteiger partial charge is 0.314 e. The second kappa shape index (κ2) is 6.92. The summed E-state index contributed by atoms with van der Waals surface area (Å²) in [5, 5.41) is 21.3. The van der Waals surface area contributed by atoms with Gasteiger partial charge in [0.1, 0.15) is 11.0 Å². The molecule has 1 amide bonds. The van der Waals surface area contributed by atoms with Crippen LogP contribution in [0.4, 0.5) is 0 Å². The Bertz CT molecular complexity index is 928. The summed E-state index contributed by atoms with van der Waals surface area (Å²) in [6.07, 6.45) is 3.66. The highest BCUT2D eigenvalue weighted by Gasteiger charge is 2.52. The van der Waals surface area contributed by atoms with Gasteiger partial charge in [-0.05, 0) is 49.8 Å². The van der Waals surface area contributed by atoms with E-state index in [1.165, 1.54) is 0 Å². The Kier molecular flexibility index (Phi) is 4.70. The van der Waals surface area contributed by atoms with E-state index >= 15 is 0 Å². The number of piperidine rings is 1. The van der Waals surface area contributed by atoms with Crippen LogP contribution in [0, 0.1) is 25.2 Å². The molecule has 150 valence electrons. The molecule has 1 saturated heterocycles. The molecule has 6 heteroatoms. The Hall–Kier alpha value is -2.34. The molecule has 0 bridgehead atoms. The lowest BCUT2D eigenvalue weighted by atomic mass is 9.73. The maximum atomic E-state index is 13.0. The van der Waals surface area contributed by atoms with Crippen molar-refractivity contribution in [1.29, 1.82) is 0 Å². The highest BCUT2D eigenvalue weighted by Crippen LogP contribution is 2.45. The number of hydrogen-bond donors (Lipinski definition) is 2. The largest absolute Gasteiger partial charge is 0.481 e. The lowest BCUT2D eigenvalue weighted by Crippen LogP contribution is -2.57. The number of carbonyl (C=O) groups excluding carboxylic acids is 1. The molecule has 0 unspecified atom stereocenters. The number of rotatable bonds is 5. The molecular formula is C22H27NO5. The first-order valence-electron chi connectivity index (χ1n) is 9.97. The van der Waals surface area contributed by atoms with Gasteiger partial charge in [0.25, 0.3) is 0 Å². The molecule has 1 aliphatic carbocycles. The van der Waals surface area contributed by atoms with Crippen molar-refractivity contribution in [3.8, 4) is 0 Å². The summed E-state index contributed by atoms with van der Waals surface area (Å²) in [4.78, 5) is 26.7. The predicted octanol–water partition coefficient (Wildman–Crippen LogP) is 3.06. The number of furan rings is 1. The zero-order valence-corrected chi connectivity index (χ0v) is 16.4. The van der Waals surface area contributed by atoms with Gasteiger partial charge in [-0.15, -0.1) is 0 Å². The number of benzene rings is 1. The number of fused-ring (bicyclic) bond motifs is 1. The van der Waals surface area contributed by atoms with Gasteiger partial charge in [0.05, 0.1) is 18.8 Å². The molecule has 2 N–H and O–H groups in total. The minimum absolute atomic E-state index is 0.0761. The number of aryl methyl sites for hydroxylation is 2. The predicted molar refractivity (Wildman–Crippen MR) is 104 cm³/mol. The topological polar surface area (TPSA) is 91.0 Å². The monoisotopic (exact) mass is 385 g/mol. The number of amides is 1. The van der Waals surface area contributed by atoms with E-state index in [4.69, 9.17) is 4.42 Å². The molecule has 0 spiro atoms. The summed E-state index contributed by atoms with van der Waals surface area (Å²) in [5.74, 6) is -0.759. The molecule has 2 aliphatic rings. The van der Waals surface area contributed by atoms with E-state index in [0.29, 0.717) is 25.3 Å². The molecule has 1 aromatic carbocycles. The summed E-state index contributed by atoms with van der Waals surface area (Å²) in [6.45, 7) is 4.46. The molecule has 1 saturated carbocycles. The molecule has 1 aromatic heterocycles. The van der Waals surface area contributed by atoms with Crippen LogP contribution in [0.3, 0.4) is 0 Å². The van der Waals surface area contributed by atoms with Crippen LogP contribution in [0.1, 0.15) is 42.4 Å². The van der Waals surface area contributed by atoms with Gasteiger partial charge in [-0.1, -0.05) is 18.9 Å². The quantitative estimate of drug-likeness (QED) is 0.825. The first kappa shape index (κ1) is 19.0. The number of nitrogens with zero attached hydrogens (tertiary/aromatic N) is 1. The van der Waals surface area contributed by atoms with Crippen molar-refractivity contribution in [1.82, 2.24) is 4.90 Å². The van der Waals surface area contributed by atoms with Crippen molar-refractivity contribution < 1.29 is 24.2 Å². The third-order valence-electron chi connectivity index (χ3n) is 6.35. The third-order valence-corrected chi connectivity index (χ3v) is 6.35. The summed E-state index contributed by atoms with van der Waals surface area (Å²) < 4.78 is 5.65. The Morgan fingerprint density at radius 3 is 2.68 bits per heavy atom. The lowest BCUT2D eigenvalue weighted by molar-refractivity contribution is -0.167. The molecule has 28 heavy (non-hydrogen) atoms. The van der Waals surface area contributed by atoms with Crippen LogP contribution in [0.2, 0.25) is 0 Å². The summed E-state index contributed by atoms with van der Waals surface area (Å²) >= 11 is 0. The minimum atomic E-state index is -1.25. The van der Waals surface area contributed by atoms with Crippen LogP contribution >= 0.6 is 0 Å². The van der Waals surface area contributed by atoms with Crippen molar-refractivity contribution in [3.05, 3.63) is 35.1 Å². The second-order valence-corrected chi connectivity index (χ2v) is 8.62. The highest BCUT2D eigenvalue weighted by atomic mass is 16.4. The fraction of sp³-hybridized carbons (Fsp3) is 0.545. The van der Waals surface area contributed by atoms with Crippen LogP contribution in [0.15, 0.2) is 22.8 Å². The Balaban J connectivity index is 1.56. The molecule has 2 heterocycles. The Morgan fingerprint density at radius 1 is 1.25 bits per heavy atom. The van der Waals surface area contributed by atoms with E-state index in [0.717, 1.165) is 40.5 Å². The van der Waals surface area contributed by atoms with Crippen LogP contribution in [-0.2, 0) is 16.0 Å². The van der Waals surface area contributed by atoms with Gasteiger partial charge in [0.15, 0.2) is 0 Å². The average molecular weight is 385 g/mol. The fourth-order valence-corrected chi connectivity index (χ4v) is 4.66. The van der Waals surface area contributed by atoms with Crippen LogP contribution in [-0.4, -0.2) is 46.2 Å². The highest BCUT2D eigenvalue weighted by molar-refractivity contribution is 5.90. The summed E-state index contributed by atoms with van der Waals surface area (Å²) in [6, 6.07) is 4.02. The van der Waals surface area contributed by atoms with Gasteiger partial charge >= 0.3 is 5.97 Å². The van der Waals surface area contributed by atoms with E-state index in [1.807, 2.05) is 19.9 Å². The van der Waals surface area contributed by atoms with E-state index in [9.17, 15) is 19.8 Å². The SMILES string of the molecule is Cc1cc(C)c2c(CC(=O)N3CC[C@@H](O)[C@@](CC4CC4)(C(=O)O)C3)coc2c1. The van der Waals surface area contributed by atoms with Crippen LogP contribution in [0.25, 0.3) is 11.0 Å². The number of carboxylic acids is 1. The third kappa shape index (κ3) is 3.30. The number of hydrogen-bond acceptors (Lipinski definition) is 4. The fourth-order valence-electron chi connectivity index (χ4n) is 4.66.